The van der Waals surface area contributed by atoms with Crippen LogP contribution in [0.5, 0.6) is 0 Å². The Hall–Kier alpha value is -1.76. The minimum atomic E-state index is -0.186. The predicted molar refractivity (Wildman–Crippen MR) is 83.5 cm³/mol. The standard InChI is InChI=1S/C15H15BrN4O/c16-12-6-2-1-5-10(12)11-9-18-20-14(11)19-15(21)13-7-3-4-8-17-13/h1-8,11,14,18,20H,9H2,(H,19,21). The number of hydrazine groups is 1. The highest BCUT2D eigenvalue weighted by molar-refractivity contribution is 9.10. The molecule has 0 radical (unpaired) electrons. The van der Waals surface area contributed by atoms with Crippen molar-refractivity contribution in [2.45, 2.75) is 12.1 Å². The first-order valence-corrected chi connectivity index (χ1v) is 7.50. The van der Waals surface area contributed by atoms with Gasteiger partial charge in [-0.05, 0) is 23.8 Å². The van der Waals surface area contributed by atoms with Crippen LogP contribution >= 0.6 is 15.9 Å². The molecular weight excluding hydrogens is 332 g/mol. The fourth-order valence-corrected chi connectivity index (χ4v) is 2.99. The second-order valence-corrected chi connectivity index (χ2v) is 5.67. The van der Waals surface area contributed by atoms with Crippen LogP contribution in [0.3, 0.4) is 0 Å². The molecule has 21 heavy (non-hydrogen) atoms. The molecule has 3 rings (SSSR count). The third-order valence-electron chi connectivity index (χ3n) is 3.47. The van der Waals surface area contributed by atoms with E-state index in [4.69, 9.17) is 0 Å². The largest absolute Gasteiger partial charge is 0.334 e. The van der Waals surface area contributed by atoms with Crippen molar-refractivity contribution in [3.63, 3.8) is 0 Å². The lowest BCUT2D eigenvalue weighted by atomic mass is 9.97. The van der Waals surface area contributed by atoms with Gasteiger partial charge in [0.15, 0.2) is 0 Å². The molecule has 2 aromatic rings. The minimum Gasteiger partial charge on any atom is -0.334 e. The lowest BCUT2D eigenvalue weighted by Crippen LogP contribution is -2.46. The third kappa shape index (κ3) is 3.12. The smallest absolute Gasteiger partial charge is 0.271 e. The van der Waals surface area contributed by atoms with Crippen LogP contribution in [0.2, 0.25) is 0 Å². The Morgan fingerprint density at radius 2 is 2.05 bits per heavy atom. The number of nitrogens with zero attached hydrogens (tertiary/aromatic N) is 1. The lowest BCUT2D eigenvalue weighted by Gasteiger charge is -2.21. The maximum atomic E-state index is 12.2. The summed E-state index contributed by atoms with van der Waals surface area (Å²) >= 11 is 3.56. The summed E-state index contributed by atoms with van der Waals surface area (Å²) in [4.78, 5) is 16.3. The normalized spacial score (nSPS) is 21.2. The van der Waals surface area contributed by atoms with Gasteiger partial charge in [0.1, 0.15) is 11.9 Å². The molecule has 2 heterocycles. The van der Waals surface area contributed by atoms with Gasteiger partial charge >= 0.3 is 0 Å². The van der Waals surface area contributed by atoms with E-state index < -0.39 is 0 Å². The first-order valence-electron chi connectivity index (χ1n) is 6.70. The van der Waals surface area contributed by atoms with E-state index in [0.717, 1.165) is 16.6 Å². The molecule has 2 unspecified atom stereocenters. The molecule has 5 nitrogen and oxygen atoms in total. The SMILES string of the molecule is O=C(NC1NNCC1c1ccccc1Br)c1ccccn1. The molecule has 1 aromatic carbocycles. The van der Waals surface area contributed by atoms with Gasteiger partial charge in [-0.1, -0.05) is 40.2 Å². The van der Waals surface area contributed by atoms with Gasteiger partial charge in [-0.2, -0.15) is 0 Å². The third-order valence-corrected chi connectivity index (χ3v) is 4.19. The summed E-state index contributed by atoms with van der Waals surface area (Å²) in [6, 6.07) is 13.3. The molecular formula is C15H15BrN4O. The van der Waals surface area contributed by atoms with Gasteiger partial charge in [0.25, 0.3) is 5.91 Å². The zero-order chi connectivity index (χ0) is 14.7. The molecule has 1 amide bonds. The second-order valence-electron chi connectivity index (χ2n) is 4.82. The van der Waals surface area contributed by atoms with Gasteiger partial charge in [0.2, 0.25) is 0 Å². The minimum absolute atomic E-state index is 0.147. The molecule has 0 spiro atoms. The highest BCUT2D eigenvalue weighted by Gasteiger charge is 2.31. The summed E-state index contributed by atoms with van der Waals surface area (Å²) in [6.07, 6.45) is 1.43. The molecule has 1 fully saturated rings. The van der Waals surface area contributed by atoms with E-state index in [-0.39, 0.29) is 18.0 Å². The molecule has 0 saturated carbocycles. The van der Waals surface area contributed by atoms with Crippen LogP contribution in [-0.4, -0.2) is 23.6 Å². The van der Waals surface area contributed by atoms with Crippen LogP contribution in [0.15, 0.2) is 53.1 Å². The quantitative estimate of drug-likeness (QED) is 0.792. The molecule has 2 atom stereocenters. The molecule has 3 N–H and O–H groups in total. The van der Waals surface area contributed by atoms with Crippen molar-refractivity contribution in [1.82, 2.24) is 21.2 Å². The van der Waals surface area contributed by atoms with Crippen LogP contribution in [0.1, 0.15) is 22.0 Å². The van der Waals surface area contributed by atoms with E-state index in [1.165, 1.54) is 0 Å². The number of pyridine rings is 1. The molecule has 1 aliphatic heterocycles. The maximum absolute atomic E-state index is 12.2. The van der Waals surface area contributed by atoms with Crippen LogP contribution in [0.4, 0.5) is 0 Å². The highest BCUT2D eigenvalue weighted by atomic mass is 79.9. The summed E-state index contributed by atoms with van der Waals surface area (Å²) in [5.74, 6) is -0.0397. The second kappa shape index (κ2) is 6.34. The van der Waals surface area contributed by atoms with Gasteiger partial charge < -0.3 is 5.32 Å². The number of hydrogen-bond acceptors (Lipinski definition) is 4. The Labute approximate surface area is 131 Å². The Balaban J connectivity index is 1.76. The summed E-state index contributed by atoms with van der Waals surface area (Å²) in [6.45, 7) is 0.746. The molecule has 1 saturated heterocycles. The van der Waals surface area contributed by atoms with Gasteiger partial charge in [-0.15, -0.1) is 0 Å². The van der Waals surface area contributed by atoms with E-state index in [9.17, 15) is 4.79 Å². The van der Waals surface area contributed by atoms with E-state index >= 15 is 0 Å². The van der Waals surface area contributed by atoms with Crippen molar-refractivity contribution >= 4 is 21.8 Å². The molecule has 0 bridgehead atoms. The number of amides is 1. The number of nitrogens with one attached hydrogen (secondary N) is 3. The first-order chi connectivity index (χ1) is 10.3. The van der Waals surface area contributed by atoms with E-state index in [0.29, 0.717) is 5.69 Å². The van der Waals surface area contributed by atoms with Crippen LogP contribution < -0.4 is 16.2 Å². The van der Waals surface area contributed by atoms with Crippen molar-refractivity contribution in [3.8, 4) is 0 Å². The fraction of sp³-hybridized carbons (Fsp3) is 0.200. The zero-order valence-electron chi connectivity index (χ0n) is 11.2. The zero-order valence-corrected chi connectivity index (χ0v) is 12.8. The van der Waals surface area contributed by atoms with Crippen molar-refractivity contribution in [3.05, 3.63) is 64.4 Å². The van der Waals surface area contributed by atoms with Gasteiger partial charge in [-0.25, -0.2) is 5.43 Å². The van der Waals surface area contributed by atoms with Crippen molar-refractivity contribution in [2.75, 3.05) is 6.54 Å². The van der Waals surface area contributed by atoms with Gasteiger partial charge in [-0.3, -0.25) is 15.2 Å². The molecule has 1 aromatic heterocycles. The molecule has 0 aliphatic carbocycles. The first kappa shape index (κ1) is 14.2. The summed E-state index contributed by atoms with van der Waals surface area (Å²) in [5, 5.41) is 2.98. The molecule has 6 heteroatoms. The van der Waals surface area contributed by atoms with E-state index in [2.05, 4.69) is 43.1 Å². The number of carbonyl (C=O) groups is 1. The lowest BCUT2D eigenvalue weighted by molar-refractivity contribution is 0.0923. The summed E-state index contributed by atoms with van der Waals surface area (Å²) in [7, 11) is 0. The van der Waals surface area contributed by atoms with Crippen LogP contribution in [-0.2, 0) is 0 Å². The van der Waals surface area contributed by atoms with Crippen molar-refractivity contribution < 1.29 is 4.79 Å². The van der Waals surface area contributed by atoms with Crippen LogP contribution in [0, 0.1) is 0 Å². The number of aromatic nitrogens is 1. The van der Waals surface area contributed by atoms with Crippen LogP contribution in [0.25, 0.3) is 0 Å². The summed E-state index contributed by atoms with van der Waals surface area (Å²) in [5.41, 5.74) is 7.77. The molecule has 1 aliphatic rings. The number of hydrogen-bond donors (Lipinski definition) is 3. The Bertz CT molecular complexity index is 635. The Morgan fingerprint density at radius 3 is 2.81 bits per heavy atom. The van der Waals surface area contributed by atoms with Gasteiger partial charge in [0, 0.05) is 23.1 Å². The van der Waals surface area contributed by atoms with Gasteiger partial charge in [0.05, 0.1) is 0 Å². The highest BCUT2D eigenvalue weighted by Crippen LogP contribution is 2.28. The van der Waals surface area contributed by atoms with Crippen molar-refractivity contribution in [1.29, 1.82) is 0 Å². The fourth-order valence-electron chi connectivity index (χ4n) is 2.41. The van der Waals surface area contributed by atoms with Crippen molar-refractivity contribution in [2.24, 2.45) is 0 Å². The predicted octanol–water partition coefficient (Wildman–Crippen LogP) is 1.79. The topological polar surface area (TPSA) is 66.1 Å². The molecule has 108 valence electrons. The summed E-state index contributed by atoms with van der Waals surface area (Å²) < 4.78 is 1.04. The number of rotatable bonds is 3. The van der Waals surface area contributed by atoms with E-state index in [1.54, 1.807) is 24.4 Å². The Kier molecular flexibility index (Phi) is 4.28. The maximum Gasteiger partial charge on any atom is 0.271 e. The average molecular weight is 347 g/mol. The average Bonchev–Trinajstić information content (AvgIpc) is 2.96. The number of benzene rings is 1. The Morgan fingerprint density at radius 1 is 1.24 bits per heavy atom. The number of carbonyl (C=O) groups excluding carboxylic acids is 1. The van der Waals surface area contributed by atoms with E-state index in [1.807, 2.05) is 18.2 Å². The number of halogens is 1. The monoisotopic (exact) mass is 346 g/mol.